The molecule has 0 aliphatic rings. The fourth-order valence-corrected chi connectivity index (χ4v) is 1.08. The quantitative estimate of drug-likeness (QED) is 0.503. The number of nitrogens with one attached hydrogen (secondary N) is 1. The summed E-state index contributed by atoms with van der Waals surface area (Å²) in [7, 11) is 0. The summed E-state index contributed by atoms with van der Waals surface area (Å²) in [6.45, 7) is 0. The normalized spacial score (nSPS) is 9.79. The van der Waals surface area contributed by atoms with E-state index >= 15 is 0 Å². The first-order chi connectivity index (χ1) is 6.16. The molecule has 1 heterocycles. The molecule has 0 aliphatic heterocycles. The molecule has 0 fully saturated rings. The molecular formula is C8H4FN2NaO2. The maximum atomic E-state index is 12.6. The van der Waals surface area contributed by atoms with Gasteiger partial charge in [0.25, 0.3) is 0 Å². The zero-order valence-corrected chi connectivity index (χ0v) is 9.37. The van der Waals surface area contributed by atoms with Gasteiger partial charge in [-0.05, 0) is 18.2 Å². The number of carbonyl (C=O) groups is 1. The van der Waals surface area contributed by atoms with Crippen LogP contribution in [-0.4, -0.2) is 15.9 Å². The number of carboxylic acid groups (broad SMARTS) is 1. The number of nitrogens with zero attached hydrogens (tertiary/aromatic N) is 1. The molecule has 0 saturated heterocycles. The molecule has 6 heteroatoms. The number of halogens is 1. The summed E-state index contributed by atoms with van der Waals surface area (Å²) in [4.78, 5) is 16.4. The Morgan fingerprint density at radius 3 is 2.86 bits per heavy atom. The van der Waals surface area contributed by atoms with E-state index < -0.39 is 11.8 Å². The molecule has 0 unspecified atom stereocenters. The molecule has 0 aliphatic carbocycles. The Kier molecular flexibility index (Phi) is 3.25. The topological polar surface area (TPSA) is 68.8 Å². The van der Waals surface area contributed by atoms with Crippen molar-refractivity contribution in [3.63, 3.8) is 0 Å². The Hall–Kier alpha value is -0.910. The smallest absolute Gasteiger partial charge is 0.542 e. The van der Waals surface area contributed by atoms with Gasteiger partial charge < -0.3 is 14.9 Å². The van der Waals surface area contributed by atoms with E-state index in [1.165, 1.54) is 18.2 Å². The first-order valence-electron chi connectivity index (χ1n) is 3.53. The number of H-pyrrole nitrogens is 1. The number of carboxylic acids is 1. The number of benzene rings is 1. The van der Waals surface area contributed by atoms with Crippen LogP contribution in [0.4, 0.5) is 4.39 Å². The van der Waals surface area contributed by atoms with Gasteiger partial charge in [0, 0.05) is 0 Å². The molecule has 1 aromatic carbocycles. The molecule has 4 nitrogen and oxygen atoms in total. The molecule has 1 aromatic heterocycles. The number of carbonyl (C=O) groups excluding carboxylic acids is 1. The van der Waals surface area contributed by atoms with E-state index in [2.05, 4.69) is 9.97 Å². The molecule has 0 spiro atoms. The summed E-state index contributed by atoms with van der Waals surface area (Å²) < 4.78 is 12.6. The van der Waals surface area contributed by atoms with Crippen molar-refractivity contribution in [2.45, 2.75) is 0 Å². The van der Waals surface area contributed by atoms with Crippen molar-refractivity contribution in [3.8, 4) is 0 Å². The largest absolute Gasteiger partial charge is 1.00 e. The Bertz CT molecular complexity index is 483. The molecular weight excluding hydrogens is 198 g/mol. The van der Waals surface area contributed by atoms with Crippen LogP contribution in [0.1, 0.15) is 10.6 Å². The maximum Gasteiger partial charge on any atom is 1.00 e. The number of hydrogen-bond acceptors (Lipinski definition) is 3. The number of aromatic nitrogens is 2. The van der Waals surface area contributed by atoms with Crippen LogP contribution in [0.15, 0.2) is 18.2 Å². The van der Waals surface area contributed by atoms with E-state index in [0.29, 0.717) is 11.0 Å². The van der Waals surface area contributed by atoms with Crippen molar-refractivity contribution in [2.24, 2.45) is 0 Å². The molecule has 0 saturated carbocycles. The maximum absolute atomic E-state index is 12.6. The van der Waals surface area contributed by atoms with Crippen LogP contribution in [0, 0.1) is 5.82 Å². The van der Waals surface area contributed by atoms with Gasteiger partial charge in [0.15, 0.2) is 5.82 Å². The standard InChI is InChI=1S/C8H5FN2O2.Na/c9-4-1-2-5-6(3-4)11-7(10-5)8(12)13;/h1-3H,(H,10,11)(H,12,13);/q;+1/p-1. The molecule has 2 rings (SSSR count). The second-order valence-electron chi connectivity index (χ2n) is 2.53. The third kappa shape index (κ3) is 1.95. The summed E-state index contributed by atoms with van der Waals surface area (Å²) in [5.41, 5.74) is 0.750. The molecule has 2 aromatic rings. The summed E-state index contributed by atoms with van der Waals surface area (Å²) in [6, 6.07) is 3.78. The zero-order valence-electron chi connectivity index (χ0n) is 7.37. The monoisotopic (exact) mass is 202 g/mol. The van der Waals surface area contributed by atoms with Crippen LogP contribution in [-0.2, 0) is 0 Å². The van der Waals surface area contributed by atoms with E-state index in [4.69, 9.17) is 0 Å². The van der Waals surface area contributed by atoms with Crippen LogP contribution < -0.4 is 34.7 Å². The predicted octanol–water partition coefficient (Wildman–Crippen LogP) is -2.93. The van der Waals surface area contributed by atoms with Crippen LogP contribution >= 0.6 is 0 Å². The summed E-state index contributed by atoms with van der Waals surface area (Å²) >= 11 is 0. The van der Waals surface area contributed by atoms with Gasteiger partial charge in [-0.15, -0.1) is 0 Å². The summed E-state index contributed by atoms with van der Waals surface area (Å²) in [6.07, 6.45) is 0. The fraction of sp³-hybridized carbons (Fsp3) is 0. The molecule has 66 valence electrons. The molecule has 14 heavy (non-hydrogen) atoms. The van der Waals surface area contributed by atoms with Crippen molar-refractivity contribution < 1.29 is 43.8 Å². The van der Waals surface area contributed by atoms with Crippen molar-refractivity contribution in [1.29, 1.82) is 0 Å². The molecule has 0 bridgehead atoms. The number of aromatic carboxylic acids is 1. The van der Waals surface area contributed by atoms with Gasteiger partial charge in [-0.25, -0.2) is 9.37 Å². The second kappa shape index (κ2) is 4.08. The average Bonchev–Trinajstić information content (AvgIpc) is 2.46. The Balaban J connectivity index is 0.000000980. The Morgan fingerprint density at radius 2 is 2.21 bits per heavy atom. The van der Waals surface area contributed by atoms with E-state index in [0.717, 1.165) is 0 Å². The van der Waals surface area contributed by atoms with E-state index in [1.807, 2.05) is 0 Å². The second-order valence-corrected chi connectivity index (χ2v) is 2.53. The van der Waals surface area contributed by atoms with Crippen molar-refractivity contribution in [3.05, 3.63) is 29.8 Å². The van der Waals surface area contributed by atoms with Crippen molar-refractivity contribution in [1.82, 2.24) is 9.97 Å². The third-order valence-corrected chi connectivity index (χ3v) is 1.64. The van der Waals surface area contributed by atoms with Crippen molar-refractivity contribution >= 4 is 17.0 Å². The predicted molar refractivity (Wildman–Crippen MR) is 40.4 cm³/mol. The van der Waals surface area contributed by atoms with E-state index in [9.17, 15) is 14.3 Å². The number of rotatable bonds is 1. The Morgan fingerprint density at radius 1 is 1.50 bits per heavy atom. The molecule has 0 atom stereocenters. The van der Waals surface area contributed by atoms with Crippen molar-refractivity contribution in [2.75, 3.05) is 0 Å². The van der Waals surface area contributed by atoms with Gasteiger partial charge in [0.2, 0.25) is 0 Å². The summed E-state index contributed by atoms with van der Waals surface area (Å²) in [5, 5.41) is 10.4. The van der Waals surface area contributed by atoms with Gasteiger partial charge in [-0.1, -0.05) is 0 Å². The molecule has 0 amide bonds. The SMILES string of the molecule is O=C([O-])c1nc2ccc(F)cc2[nH]1.[Na+]. The van der Waals surface area contributed by atoms with Crippen LogP contribution in [0.2, 0.25) is 0 Å². The minimum atomic E-state index is -1.41. The zero-order chi connectivity index (χ0) is 9.42. The van der Waals surface area contributed by atoms with E-state index in [1.54, 1.807) is 0 Å². The fourth-order valence-electron chi connectivity index (χ4n) is 1.08. The van der Waals surface area contributed by atoms with Gasteiger partial charge in [0.05, 0.1) is 11.0 Å². The molecule has 0 radical (unpaired) electrons. The summed E-state index contributed by atoms with van der Waals surface area (Å²) in [5.74, 6) is -2.14. The average molecular weight is 202 g/mol. The molecule has 1 N–H and O–H groups in total. The minimum Gasteiger partial charge on any atom is -0.542 e. The van der Waals surface area contributed by atoms with Gasteiger partial charge in [-0.2, -0.15) is 0 Å². The third-order valence-electron chi connectivity index (χ3n) is 1.64. The van der Waals surface area contributed by atoms with Gasteiger partial charge in [-0.3, -0.25) is 0 Å². The number of imidazole rings is 1. The number of fused-ring (bicyclic) bond motifs is 1. The van der Waals surface area contributed by atoms with E-state index in [-0.39, 0.29) is 35.4 Å². The minimum absolute atomic E-state index is 0. The van der Waals surface area contributed by atoms with Crippen LogP contribution in [0.25, 0.3) is 11.0 Å². The van der Waals surface area contributed by atoms with Gasteiger partial charge >= 0.3 is 29.6 Å². The first-order valence-corrected chi connectivity index (χ1v) is 3.53. The first kappa shape index (κ1) is 11.2. The van der Waals surface area contributed by atoms with Crippen LogP contribution in [0.5, 0.6) is 0 Å². The van der Waals surface area contributed by atoms with Crippen LogP contribution in [0.3, 0.4) is 0 Å². The van der Waals surface area contributed by atoms with Gasteiger partial charge in [0.1, 0.15) is 11.8 Å². The number of aromatic amines is 1. The Labute approximate surface area is 100 Å². The number of hydrogen-bond donors (Lipinski definition) is 1.